The number of anilines is 1. The van der Waals surface area contributed by atoms with Gasteiger partial charge in [-0.25, -0.2) is 13.1 Å². The molecule has 0 spiro atoms. The number of benzene rings is 1. The van der Waals surface area contributed by atoms with E-state index in [0.29, 0.717) is 11.5 Å². The molecule has 0 saturated carbocycles. The molecule has 0 saturated heterocycles. The molecule has 7 nitrogen and oxygen atoms in total. The smallest absolute Gasteiger partial charge is 0.290 e. The first-order chi connectivity index (χ1) is 11.2. The zero-order valence-corrected chi connectivity index (χ0v) is 14.7. The molecule has 0 radical (unpaired) electrons. The van der Waals surface area contributed by atoms with Gasteiger partial charge in [0.15, 0.2) is 0 Å². The van der Waals surface area contributed by atoms with E-state index in [9.17, 15) is 13.2 Å². The summed E-state index contributed by atoms with van der Waals surface area (Å²) < 4.78 is 30.6. The summed E-state index contributed by atoms with van der Waals surface area (Å²) in [6.07, 6.45) is 1.41. The number of hydrogen-bond donors (Lipinski definition) is 1. The topological polar surface area (TPSA) is 85.5 Å². The molecule has 3 rings (SSSR count). The number of fused-ring (bicyclic) bond motifs is 1. The maximum atomic E-state index is 12.7. The zero-order chi connectivity index (χ0) is 17.6. The quantitative estimate of drug-likeness (QED) is 0.783. The van der Waals surface area contributed by atoms with E-state index in [-0.39, 0.29) is 16.0 Å². The van der Waals surface area contributed by atoms with Crippen LogP contribution in [0.5, 0.6) is 0 Å². The normalized spacial score (nSPS) is 11.8. The Bertz CT molecular complexity index is 1110. The van der Waals surface area contributed by atoms with Crippen LogP contribution in [0.25, 0.3) is 5.52 Å². The van der Waals surface area contributed by atoms with Crippen molar-refractivity contribution in [2.75, 3.05) is 4.72 Å². The van der Waals surface area contributed by atoms with Crippen LogP contribution in [0.3, 0.4) is 0 Å². The van der Waals surface area contributed by atoms with Gasteiger partial charge in [-0.15, -0.1) is 0 Å². The minimum absolute atomic E-state index is 0.0238. The van der Waals surface area contributed by atoms with E-state index in [1.54, 1.807) is 13.0 Å². The fraction of sp³-hybridized carbons (Fsp3) is 0.250. The summed E-state index contributed by atoms with van der Waals surface area (Å²) in [4.78, 5) is 12.2. The summed E-state index contributed by atoms with van der Waals surface area (Å²) in [5.74, 6) is 0.528. The lowest BCUT2D eigenvalue weighted by atomic mass is 10.1. The van der Waals surface area contributed by atoms with Crippen LogP contribution in [0.1, 0.15) is 17.0 Å². The molecule has 1 N–H and O–H groups in total. The Kier molecular flexibility index (Phi) is 3.71. The van der Waals surface area contributed by atoms with Gasteiger partial charge in [0.1, 0.15) is 16.2 Å². The van der Waals surface area contributed by atoms with Gasteiger partial charge in [-0.1, -0.05) is 17.7 Å². The molecule has 2 heterocycles. The van der Waals surface area contributed by atoms with Crippen molar-refractivity contribution in [3.8, 4) is 0 Å². The van der Waals surface area contributed by atoms with Crippen LogP contribution in [-0.2, 0) is 17.1 Å². The summed E-state index contributed by atoms with van der Waals surface area (Å²) in [6, 6.07) is 6.83. The summed E-state index contributed by atoms with van der Waals surface area (Å²) in [5.41, 5.74) is 2.31. The van der Waals surface area contributed by atoms with Crippen LogP contribution in [-0.4, -0.2) is 22.6 Å². The van der Waals surface area contributed by atoms with Crippen molar-refractivity contribution in [3.05, 3.63) is 57.8 Å². The Morgan fingerprint density at radius 2 is 1.83 bits per heavy atom. The second-order valence-electron chi connectivity index (χ2n) is 5.83. The van der Waals surface area contributed by atoms with E-state index in [1.807, 2.05) is 26.0 Å². The highest BCUT2D eigenvalue weighted by Crippen LogP contribution is 2.22. The lowest BCUT2D eigenvalue weighted by Crippen LogP contribution is -2.22. The van der Waals surface area contributed by atoms with Crippen molar-refractivity contribution in [1.82, 2.24) is 14.2 Å². The number of sulfonamides is 1. The lowest BCUT2D eigenvalue weighted by molar-refractivity contribution is 0.601. The van der Waals surface area contributed by atoms with Gasteiger partial charge in [0.05, 0.1) is 5.69 Å². The third kappa shape index (κ3) is 2.69. The Labute approximate surface area is 139 Å². The van der Waals surface area contributed by atoms with Crippen LogP contribution in [0.2, 0.25) is 0 Å². The van der Waals surface area contributed by atoms with Crippen LogP contribution < -0.4 is 10.3 Å². The molecule has 0 aliphatic carbocycles. The zero-order valence-electron chi connectivity index (χ0n) is 13.9. The molecule has 8 heteroatoms. The van der Waals surface area contributed by atoms with Gasteiger partial charge in [-0.05, 0) is 38.5 Å². The standard InChI is InChI=1S/C16H18N4O3S/c1-10-5-6-14(11(2)7-10)18-24(22,23)13-8-15-16(21)19(4)17-12(3)20(15)9-13/h5-9,18H,1-4H3. The predicted molar refractivity (Wildman–Crippen MR) is 91.9 cm³/mol. The molecule has 0 bridgehead atoms. The average molecular weight is 346 g/mol. The summed E-state index contributed by atoms with van der Waals surface area (Å²) in [7, 11) is -2.27. The number of nitrogens with zero attached hydrogens (tertiary/aromatic N) is 3. The fourth-order valence-electron chi connectivity index (χ4n) is 2.63. The van der Waals surface area contributed by atoms with Crippen molar-refractivity contribution in [1.29, 1.82) is 0 Å². The number of nitrogens with one attached hydrogen (secondary N) is 1. The predicted octanol–water partition coefficient (Wildman–Crippen LogP) is 1.76. The van der Waals surface area contributed by atoms with Gasteiger partial charge >= 0.3 is 0 Å². The van der Waals surface area contributed by atoms with E-state index in [2.05, 4.69) is 9.82 Å². The van der Waals surface area contributed by atoms with Gasteiger partial charge < -0.3 is 0 Å². The fourth-order valence-corrected chi connectivity index (χ4v) is 3.77. The van der Waals surface area contributed by atoms with Gasteiger partial charge in [-0.3, -0.25) is 13.9 Å². The molecule has 0 atom stereocenters. The number of hydrogen-bond acceptors (Lipinski definition) is 4. The monoisotopic (exact) mass is 346 g/mol. The molecular formula is C16H18N4O3S. The Hall–Kier alpha value is -2.61. The van der Waals surface area contributed by atoms with Crippen molar-refractivity contribution in [3.63, 3.8) is 0 Å². The Balaban J connectivity index is 2.10. The highest BCUT2D eigenvalue weighted by atomic mass is 32.2. The summed E-state index contributed by atoms with van der Waals surface area (Å²) >= 11 is 0. The highest BCUT2D eigenvalue weighted by molar-refractivity contribution is 7.92. The molecule has 0 amide bonds. The third-order valence-corrected chi connectivity index (χ3v) is 5.22. The maximum Gasteiger partial charge on any atom is 0.290 e. The lowest BCUT2D eigenvalue weighted by Gasteiger charge is -2.09. The largest absolute Gasteiger partial charge is 0.298 e. The molecule has 0 unspecified atom stereocenters. The van der Waals surface area contributed by atoms with Crippen LogP contribution in [0.4, 0.5) is 5.69 Å². The molecular weight excluding hydrogens is 328 g/mol. The van der Waals surface area contributed by atoms with Gasteiger partial charge in [0.25, 0.3) is 15.6 Å². The van der Waals surface area contributed by atoms with Crippen LogP contribution in [0, 0.1) is 20.8 Å². The molecule has 1 aromatic carbocycles. The van der Waals surface area contributed by atoms with E-state index < -0.39 is 10.0 Å². The summed E-state index contributed by atoms with van der Waals surface area (Å²) in [5, 5.41) is 4.06. The molecule has 0 aliphatic rings. The first-order valence-electron chi connectivity index (χ1n) is 7.35. The minimum atomic E-state index is -3.80. The van der Waals surface area contributed by atoms with Gasteiger partial charge in [0.2, 0.25) is 0 Å². The van der Waals surface area contributed by atoms with Crippen molar-refractivity contribution < 1.29 is 8.42 Å². The molecule has 24 heavy (non-hydrogen) atoms. The highest BCUT2D eigenvalue weighted by Gasteiger charge is 2.19. The molecule has 3 aromatic rings. The Morgan fingerprint density at radius 1 is 1.12 bits per heavy atom. The molecule has 0 fully saturated rings. The molecule has 2 aromatic heterocycles. The van der Waals surface area contributed by atoms with Crippen molar-refractivity contribution in [2.24, 2.45) is 7.05 Å². The van der Waals surface area contributed by atoms with E-state index in [0.717, 1.165) is 11.1 Å². The summed E-state index contributed by atoms with van der Waals surface area (Å²) in [6.45, 7) is 5.49. The van der Waals surface area contributed by atoms with Crippen LogP contribution >= 0.6 is 0 Å². The van der Waals surface area contributed by atoms with Crippen molar-refractivity contribution >= 4 is 21.2 Å². The van der Waals surface area contributed by atoms with E-state index in [1.165, 1.54) is 28.4 Å². The first kappa shape index (κ1) is 16.3. The third-order valence-electron chi connectivity index (χ3n) is 3.89. The second kappa shape index (κ2) is 5.48. The minimum Gasteiger partial charge on any atom is -0.298 e. The average Bonchev–Trinajstić information content (AvgIpc) is 2.95. The van der Waals surface area contributed by atoms with E-state index in [4.69, 9.17) is 0 Å². The van der Waals surface area contributed by atoms with Gasteiger partial charge in [-0.2, -0.15) is 5.10 Å². The van der Waals surface area contributed by atoms with Crippen molar-refractivity contribution in [2.45, 2.75) is 25.7 Å². The SMILES string of the molecule is Cc1ccc(NS(=O)(=O)c2cc3c(=O)n(C)nc(C)n3c2)c(C)c1. The molecule has 126 valence electrons. The second-order valence-corrected chi connectivity index (χ2v) is 7.51. The number of aromatic nitrogens is 3. The number of rotatable bonds is 3. The van der Waals surface area contributed by atoms with Gasteiger partial charge in [0, 0.05) is 13.2 Å². The maximum absolute atomic E-state index is 12.7. The Morgan fingerprint density at radius 3 is 2.50 bits per heavy atom. The first-order valence-corrected chi connectivity index (χ1v) is 8.83. The van der Waals surface area contributed by atoms with E-state index >= 15 is 0 Å². The molecule has 0 aliphatic heterocycles. The number of aryl methyl sites for hydroxylation is 4. The van der Waals surface area contributed by atoms with Crippen LogP contribution in [0.15, 0.2) is 40.2 Å².